The second-order valence-electron chi connectivity index (χ2n) is 4.70. The molecule has 19 heavy (non-hydrogen) atoms. The monoisotopic (exact) mass is 293 g/mol. The quantitative estimate of drug-likeness (QED) is 0.871. The smallest absolute Gasteiger partial charge is 0.0452 e. The third-order valence-electron chi connectivity index (χ3n) is 3.26. The van der Waals surface area contributed by atoms with Crippen LogP contribution in [-0.4, -0.2) is 6.54 Å². The Labute approximate surface area is 124 Å². The van der Waals surface area contributed by atoms with E-state index < -0.39 is 0 Å². The molecule has 3 heteroatoms. The molecule has 0 bridgehead atoms. The lowest BCUT2D eigenvalue weighted by Crippen LogP contribution is -2.19. The van der Waals surface area contributed by atoms with E-state index in [1.807, 2.05) is 36.4 Å². The molecule has 0 spiro atoms. The van der Waals surface area contributed by atoms with Gasteiger partial charge in [-0.25, -0.2) is 0 Å². The standard InChI is InChI=1S/C16H17Cl2N/c17-15-7-4-8-16(18)14(15)10-13(11-19)9-12-5-2-1-3-6-12/h1-8,13H,9-11,19H2. The van der Waals surface area contributed by atoms with Crippen LogP contribution in [0.1, 0.15) is 11.1 Å². The van der Waals surface area contributed by atoms with Gasteiger partial charge in [0.05, 0.1) is 0 Å². The summed E-state index contributed by atoms with van der Waals surface area (Å²) < 4.78 is 0. The maximum atomic E-state index is 6.21. The van der Waals surface area contributed by atoms with Crippen molar-refractivity contribution in [2.24, 2.45) is 11.7 Å². The Bertz CT molecular complexity index is 505. The minimum atomic E-state index is 0.347. The van der Waals surface area contributed by atoms with E-state index in [1.165, 1.54) is 5.56 Å². The van der Waals surface area contributed by atoms with Crippen LogP contribution >= 0.6 is 23.2 Å². The number of benzene rings is 2. The predicted molar refractivity (Wildman–Crippen MR) is 82.9 cm³/mol. The Kier molecular flexibility index (Phi) is 5.26. The first-order valence-corrected chi connectivity index (χ1v) is 7.13. The van der Waals surface area contributed by atoms with Crippen LogP contribution in [0.25, 0.3) is 0 Å². The van der Waals surface area contributed by atoms with Gasteiger partial charge >= 0.3 is 0 Å². The van der Waals surface area contributed by atoms with E-state index >= 15 is 0 Å². The van der Waals surface area contributed by atoms with Crippen LogP contribution < -0.4 is 5.73 Å². The van der Waals surface area contributed by atoms with Gasteiger partial charge in [-0.15, -0.1) is 0 Å². The molecule has 1 nitrogen and oxygen atoms in total. The van der Waals surface area contributed by atoms with Crippen LogP contribution in [0.5, 0.6) is 0 Å². The summed E-state index contributed by atoms with van der Waals surface area (Å²) >= 11 is 12.4. The lowest BCUT2D eigenvalue weighted by atomic mass is 9.92. The first-order valence-electron chi connectivity index (χ1n) is 6.37. The molecule has 0 aliphatic heterocycles. The van der Waals surface area contributed by atoms with Crippen molar-refractivity contribution >= 4 is 23.2 Å². The lowest BCUT2D eigenvalue weighted by Gasteiger charge is -2.16. The van der Waals surface area contributed by atoms with Crippen molar-refractivity contribution in [2.45, 2.75) is 12.8 Å². The molecule has 0 fully saturated rings. The van der Waals surface area contributed by atoms with Crippen molar-refractivity contribution in [1.82, 2.24) is 0 Å². The van der Waals surface area contributed by atoms with Gasteiger partial charge in [0.25, 0.3) is 0 Å². The second kappa shape index (κ2) is 6.95. The summed E-state index contributed by atoms with van der Waals surface area (Å²) in [5.41, 5.74) is 8.17. The van der Waals surface area contributed by atoms with Crippen LogP contribution in [0.2, 0.25) is 10.0 Å². The van der Waals surface area contributed by atoms with Gasteiger partial charge in [-0.1, -0.05) is 59.6 Å². The molecule has 0 aliphatic rings. The van der Waals surface area contributed by atoms with Gasteiger partial charge in [-0.3, -0.25) is 0 Å². The van der Waals surface area contributed by atoms with E-state index in [9.17, 15) is 0 Å². The van der Waals surface area contributed by atoms with E-state index in [0.717, 1.165) is 28.5 Å². The Balaban J connectivity index is 2.11. The Hall–Kier alpha value is -1.02. The third kappa shape index (κ3) is 3.97. The maximum absolute atomic E-state index is 6.21. The van der Waals surface area contributed by atoms with E-state index in [2.05, 4.69) is 12.1 Å². The van der Waals surface area contributed by atoms with Crippen molar-refractivity contribution in [3.8, 4) is 0 Å². The van der Waals surface area contributed by atoms with Crippen molar-refractivity contribution in [3.05, 3.63) is 69.7 Å². The van der Waals surface area contributed by atoms with Gasteiger partial charge in [0.2, 0.25) is 0 Å². The van der Waals surface area contributed by atoms with Crippen molar-refractivity contribution < 1.29 is 0 Å². The third-order valence-corrected chi connectivity index (χ3v) is 3.96. The van der Waals surface area contributed by atoms with Gasteiger partial charge in [0.1, 0.15) is 0 Å². The summed E-state index contributed by atoms with van der Waals surface area (Å²) in [5.74, 6) is 0.347. The average Bonchev–Trinajstić information content (AvgIpc) is 2.43. The largest absolute Gasteiger partial charge is 0.330 e. The van der Waals surface area contributed by atoms with Crippen molar-refractivity contribution in [2.75, 3.05) is 6.54 Å². The molecule has 100 valence electrons. The molecule has 1 unspecified atom stereocenters. The van der Waals surface area contributed by atoms with E-state index in [4.69, 9.17) is 28.9 Å². The molecule has 0 amide bonds. The highest BCUT2D eigenvalue weighted by atomic mass is 35.5. The first-order chi connectivity index (χ1) is 9.20. The van der Waals surface area contributed by atoms with Gasteiger partial charge < -0.3 is 5.73 Å². The van der Waals surface area contributed by atoms with E-state index in [-0.39, 0.29) is 0 Å². The fourth-order valence-corrected chi connectivity index (χ4v) is 2.75. The molecule has 2 rings (SSSR count). The lowest BCUT2D eigenvalue weighted by molar-refractivity contribution is 0.533. The molecule has 0 saturated heterocycles. The van der Waals surface area contributed by atoms with Gasteiger partial charge in [0.15, 0.2) is 0 Å². The fraction of sp³-hybridized carbons (Fsp3) is 0.250. The zero-order valence-electron chi connectivity index (χ0n) is 10.7. The molecule has 0 aromatic heterocycles. The first kappa shape index (κ1) is 14.4. The Morgan fingerprint density at radius 1 is 0.842 bits per heavy atom. The molecular weight excluding hydrogens is 277 g/mol. The Morgan fingerprint density at radius 3 is 2.05 bits per heavy atom. The van der Waals surface area contributed by atoms with Crippen LogP contribution in [0.3, 0.4) is 0 Å². The molecular formula is C16H17Cl2N. The van der Waals surface area contributed by atoms with Crippen LogP contribution in [-0.2, 0) is 12.8 Å². The fourth-order valence-electron chi connectivity index (χ4n) is 2.20. The minimum Gasteiger partial charge on any atom is -0.330 e. The maximum Gasteiger partial charge on any atom is 0.0452 e. The van der Waals surface area contributed by atoms with Crippen LogP contribution in [0, 0.1) is 5.92 Å². The number of hydrogen-bond acceptors (Lipinski definition) is 1. The zero-order chi connectivity index (χ0) is 13.7. The van der Waals surface area contributed by atoms with Crippen LogP contribution in [0.15, 0.2) is 48.5 Å². The minimum absolute atomic E-state index is 0.347. The van der Waals surface area contributed by atoms with E-state index in [0.29, 0.717) is 12.5 Å². The van der Waals surface area contributed by atoms with Gasteiger partial charge in [0, 0.05) is 10.0 Å². The summed E-state index contributed by atoms with van der Waals surface area (Å²) in [6.07, 6.45) is 1.75. The van der Waals surface area contributed by atoms with Crippen LogP contribution in [0.4, 0.5) is 0 Å². The molecule has 0 radical (unpaired) electrons. The summed E-state index contributed by atoms with van der Waals surface area (Å²) in [5, 5.41) is 1.44. The van der Waals surface area contributed by atoms with Crippen molar-refractivity contribution in [3.63, 3.8) is 0 Å². The summed E-state index contributed by atoms with van der Waals surface area (Å²) in [4.78, 5) is 0. The van der Waals surface area contributed by atoms with Gasteiger partial charge in [-0.2, -0.15) is 0 Å². The normalized spacial score (nSPS) is 12.4. The Morgan fingerprint density at radius 2 is 1.47 bits per heavy atom. The number of nitrogens with two attached hydrogens (primary N) is 1. The number of halogens is 2. The predicted octanol–water partition coefficient (Wildman–Crippen LogP) is 4.35. The molecule has 2 N–H and O–H groups in total. The number of rotatable bonds is 5. The number of hydrogen-bond donors (Lipinski definition) is 1. The summed E-state index contributed by atoms with van der Waals surface area (Å²) in [6, 6.07) is 16.0. The molecule has 0 heterocycles. The average molecular weight is 294 g/mol. The second-order valence-corrected chi connectivity index (χ2v) is 5.51. The zero-order valence-corrected chi connectivity index (χ0v) is 12.2. The summed E-state index contributed by atoms with van der Waals surface area (Å²) in [6.45, 7) is 0.621. The van der Waals surface area contributed by atoms with E-state index in [1.54, 1.807) is 0 Å². The topological polar surface area (TPSA) is 26.0 Å². The molecule has 2 aromatic rings. The van der Waals surface area contributed by atoms with Gasteiger partial charge in [-0.05, 0) is 48.6 Å². The molecule has 0 saturated carbocycles. The van der Waals surface area contributed by atoms with Crippen molar-refractivity contribution in [1.29, 1.82) is 0 Å². The highest BCUT2D eigenvalue weighted by molar-refractivity contribution is 6.35. The highest BCUT2D eigenvalue weighted by Crippen LogP contribution is 2.27. The molecule has 0 aliphatic carbocycles. The molecule has 1 atom stereocenters. The summed E-state index contributed by atoms with van der Waals surface area (Å²) in [7, 11) is 0. The highest BCUT2D eigenvalue weighted by Gasteiger charge is 2.13. The molecule has 2 aromatic carbocycles. The SMILES string of the molecule is NCC(Cc1ccccc1)Cc1c(Cl)cccc1Cl.